The van der Waals surface area contributed by atoms with Gasteiger partial charge in [0.05, 0.1) is 18.8 Å². The summed E-state index contributed by atoms with van der Waals surface area (Å²) >= 11 is 0. The Labute approximate surface area is 91.3 Å². The number of carbonyl (C=O) groups is 1. The second-order valence-corrected chi connectivity index (χ2v) is 3.86. The van der Waals surface area contributed by atoms with Gasteiger partial charge in [-0.1, -0.05) is 0 Å². The SMILES string of the molecule is CC(C)O[C@H]1CCN(OC(=O)C(F)(F)F)C1. The third-order valence-electron chi connectivity index (χ3n) is 2.02. The highest BCUT2D eigenvalue weighted by Crippen LogP contribution is 2.20. The quantitative estimate of drug-likeness (QED) is 0.750. The van der Waals surface area contributed by atoms with E-state index >= 15 is 0 Å². The first-order valence-electron chi connectivity index (χ1n) is 4.98. The third kappa shape index (κ3) is 3.97. The van der Waals surface area contributed by atoms with Crippen LogP contribution < -0.4 is 0 Å². The molecule has 1 rings (SSSR count). The van der Waals surface area contributed by atoms with E-state index in [2.05, 4.69) is 4.84 Å². The molecule has 0 bridgehead atoms. The molecule has 1 fully saturated rings. The highest BCUT2D eigenvalue weighted by atomic mass is 19.4. The maximum absolute atomic E-state index is 11.9. The van der Waals surface area contributed by atoms with Crippen molar-refractivity contribution in [2.24, 2.45) is 0 Å². The molecule has 0 spiro atoms. The van der Waals surface area contributed by atoms with Crippen molar-refractivity contribution < 1.29 is 27.5 Å². The van der Waals surface area contributed by atoms with Crippen LogP contribution in [0.15, 0.2) is 0 Å². The van der Waals surface area contributed by atoms with Crippen LogP contribution in [-0.4, -0.2) is 42.5 Å². The zero-order chi connectivity index (χ0) is 12.3. The molecule has 0 aromatic rings. The lowest BCUT2D eigenvalue weighted by molar-refractivity contribution is -0.236. The van der Waals surface area contributed by atoms with E-state index in [1.165, 1.54) is 0 Å². The van der Waals surface area contributed by atoms with Gasteiger partial charge in [0.25, 0.3) is 0 Å². The van der Waals surface area contributed by atoms with Crippen LogP contribution in [0.1, 0.15) is 20.3 Å². The van der Waals surface area contributed by atoms with Crippen LogP contribution in [0.3, 0.4) is 0 Å². The fourth-order valence-corrected chi connectivity index (χ4v) is 1.45. The van der Waals surface area contributed by atoms with Crippen LogP contribution in [-0.2, 0) is 14.4 Å². The summed E-state index contributed by atoms with van der Waals surface area (Å²) in [6.07, 6.45) is -4.57. The van der Waals surface area contributed by atoms with Gasteiger partial charge in [0.1, 0.15) is 0 Å². The molecule has 0 aromatic heterocycles. The van der Waals surface area contributed by atoms with Gasteiger partial charge >= 0.3 is 12.1 Å². The van der Waals surface area contributed by atoms with Gasteiger partial charge in [0.15, 0.2) is 0 Å². The minimum atomic E-state index is -4.95. The van der Waals surface area contributed by atoms with Crippen LogP contribution in [0.25, 0.3) is 0 Å². The van der Waals surface area contributed by atoms with E-state index in [4.69, 9.17) is 4.74 Å². The average molecular weight is 241 g/mol. The molecule has 0 amide bonds. The number of carbonyl (C=O) groups excluding carboxylic acids is 1. The minimum Gasteiger partial charge on any atom is -0.374 e. The standard InChI is InChI=1S/C9H14F3NO3/c1-6(2)15-7-3-4-13(5-7)16-8(14)9(10,11)12/h6-7H,3-5H2,1-2H3/t7-/m0/s1. The summed E-state index contributed by atoms with van der Waals surface area (Å²) in [6, 6.07) is 0. The number of alkyl halides is 3. The molecule has 16 heavy (non-hydrogen) atoms. The van der Waals surface area contributed by atoms with Crippen molar-refractivity contribution in [3.63, 3.8) is 0 Å². The Morgan fingerprint density at radius 3 is 2.56 bits per heavy atom. The number of hydrogen-bond donors (Lipinski definition) is 0. The molecular formula is C9H14F3NO3. The fourth-order valence-electron chi connectivity index (χ4n) is 1.45. The summed E-state index contributed by atoms with van der Waals surface area (Å²) in [6.45, 7) is 4.12. The molecule has 0 aliphatic carbocycles. The zero-order valence-corrected chi connectivity index (χ0v) is 9.08. The van der Waals surface area contributed by atoms with Gasteiger partial charge in [-0.15, -0.1) is 5.06 Å². The van der Waals surface area contributed by atoms with E-state index in [1.54, 1.807) is 0 Å². The molecule has 0 saturated carbocycles. The van der Waals surface area contributed by atoms with Gasteiger partial charge in [0, 0.05) is 6.54 Å². The predicted molar refractivity (Wildman–Crippen MR) is 48.3 cm³/mol. The lowest BCUT2D eigenvalue weighted by atomic mass is 10.3. The second-order valence-electron chi connectivity index (χ2n) is 3.86. The van der Waals surface area contributed by atoms with E-state index in [9.17, 15) is 18.0 Å². The highest BCUT2D eigenvalue weighted by Gasteiger charge is 2.43. The van der Waals surface area contributed by atoms with Gasteiger partial charge in [0.2, 0.25) is 0 Å². The predicted octanol–water partition coefficient (Wildman–Crippen LogP) is 1.51. The maximum atomic E-state index is 11.9. The Morgan fingerprint density at radius 1 is 1.44 bits per heavy atom. The molecule has 1 atom stereocenters. The minimum absolute atomic E-state index is 0.00303. The van der Waals surface area contributed by atoms with E-state index in [-0.39, 0.29) is 25.3 Å². The molecule has 0 radical (unpaired) electrons. The first kappa shape index (κ1) is 13.2. The van der Waals surface area contributed by atoms with Crippen molar-refractivity contribution in [1.82, 2.24) is 5.06 Å². The van der Waals surface area contributed by atoms with Crippen molar-refractivity contribution in [3.05, 3.63) is 0 Å². The van der Waals surface area contributed by atoms with Crippen molar-refractivity contribution in [1.29, 1.82) is 0 Å². The van der Waals surface area contributed by atoms with E-state index in [0.717, 1.165) is 5.06 Å². The number of halogens is 3. The Hall–Kier alpha value is -0.820. The third-order valence-corrected chi connectivity index (χ3v) is 2.02. The Morgan fingerprint density at radius 2 is 2.06 bits per heavy atom. The molecule has 94 valence electrons. The van der Waals surface area contributed by atoms with E-state index in [1.807, 2.05) is 13.8 Å². The van der Waals surface area contributed by atoms with Crippen LogP contribution in [0, 0.1) is 0 Å². The highest BCUT2D eigenvalue weighted by molar-refractivity contribution is 5.75. The molecule has 7 heteroatoms. The first-order chi connectivity index (χ1) is 7.29. The summed E-state index contributed by atoms with van der Waals surface area (Å²) < 4.78 is 41.0. The first-order valence-corrected chi connectivity index (χ1v) is 4.98. The van der Waals surface area contributed by atoms with Crippen LogP contribution in [0.5, 0.6) is 0 Å². The fraction of sp³-hybridized carbons (Fsp3) is 0.889. The summed E-state index contributed by atoms with van der Waals surface area (Å²) in [7, 11) is 0. The molecule has 1 aliphatic heterocycles. The van der Waals surface area contributed by atoms with Crippen LogP contribution in [0.4, 0.5) is 13.2 Å². The summed E-state index contributed by atoms with van der Waals surface area (Å²) in [5, 5.41) is 0.989. The second kappa shape index (κ2) is 5.01. The van der Waals surface area contributed by atoms with Crippen LogP contribution >= 0.6 is 0 Å². The summed E-state index contributed by atoms with van der Waals surface area (Å²) in [4.78, 5) is 14.7. The number of hydrogen-bond acceptors (Lipinski definition) is 4. The topological polar surface area (TPSA) is 38.8 Å². The smallest absolute Gasteiger partial charge is 0.374 e. The Kier molecular flexibility index (Phi) is 4.15. The van der Waals surface area contributed by atoms with E-state index < -0.39 is 12.1 Å². The number of nitrogens with zero attached hydrogens (tertiary/aromatic N) is 1. The Balaban J connectivity index is 2.34. The average Bonchev–Trinajstić information content (AvgIpc) is 2.49. The monoisotopic (exact) mass is 241 g/mol. The lowest BCUT2D eigenvalue weighted by Gasteiger charge is -2.17. The molecule has 1 aliphatic rings. The molecular weight excluding hydrogens is 227 g/mol. The van der Waals surface area contributed by atoms with Crippen molar-refractivity contribution in [2.45, 2.75) is 38.7 Å². The summed E-state index contributed by atoms with van der Waals surface area (Å²) in [5.74, 6) is -2.18. The number of hydroxylamine groups is 2. The van der Waals surface area contributed by atoms with Crippen molar-refractivity contribution in [2.75, 3.05) is 13.1 Å². The molecule has 4 nitrogen and oxygen atoms in total. The normalized spacial score (nSPS) is 22.8. The number of rotatable bonds is 3. The summed E-state index contributed by atoms with van der Waals surface area (Å²) in [5.41, 5.74) is 0. The molecule has 0 unspecified atom stereocenters. The molecule has 0 N–H and O–H groups in total. The van der Waals surface area contributed by atoms with E-state index in [0.29, 0.717) is 6.42 Å². The largest absolute Gasteiger partial charge is 0.492 e. The van der Waals surface area contributed by atoms with Gasteiger partial charge in [-0.3, -0.25) is 0 Å². The maximum Gasteiger partial charge on any atom is 0.492 e. The Bertz CT molecular complexity index is 255. The van der Waals surface area contributed by atoms with Gasteiger partial charge in [-0.2, -0.15) is 13.2 Å². The van der Waals surface area contributed by atoms with Crippen LogP contribution in [0.2, 0.25) is 0 Å². The van der Waals surface area contributed by atoms with Gasteiger partial charge in [-0.25, -0.2) is 4.79 Å². The molecule has 1 heterocycles. The van der Waals surface area contributed by atoms with Crippen molar-refractivity contribution in [3.8, 4) is 0 Å². The van der Waals surface area contributed by atoms with Gasteiger partial charge < -0.3 is 9.57 Å². The zero-order valence-electron chi connectivity index (χ0n) is 9.08. The molecule has 1 saturated heterocycles. The molecule has 0 aromatic carbocycles. The number of ether oxygens (including phenoxy) is 1. The van der Waals surface area contributed by atoms with Crippen molar-refractivity contribution >= 4 is 5.97 Å². The van der Waals surface area contributed by atoms with Gasteiger partial charge in [-0.05, 0) is 20.3 Å². The lowest BCUT2D eigenvalue weighted by Crippen LogP contribution is -2.34.